The molecule has 6 heteroatoms. The van der Waals surface area contributed by atoms with Crippen molar-refractivity contribution in [1.29, 1.82) is 0 Å². The molecular formula is C21H35ClN2O3. The number of carbonyl (C=O) groups excluding carboxylic acids is 1. The van der Waals surface area contributed by atoms with Crippen molar-refractivity contribution in [2.24, 2.45) is 0 Å². The Morgan fingerprint density at radius 3 is 2.48 bits per heavy atom. The summed E-state index contributed by atoms with van der Waals surface area (Å²) in [7, 11) is 0. The lowest BCUT2D eigenvalue weighted by atomic mass is 10.0. The van der Waals surface area contributed by atoms with Gasteiger partial charge in [-0.1, -0.05) is 20.3 Å². The predicted molar refractivity (Wildman–Crippen MR) is 112 cm³/mol. The van der Waals surface area contributed by atoms with E-state index in [1.54, 1.807) is 0 Å². The van der Waals surface area contributed by atoms with E-state index in [1.165, 1.54) is 0 Å². The summed E-state index contributed by atoms with van der Waals surface area (Å²) < 4.78 is 11.6. The van der Waals surface area contributed by atoms with Crippen molar-refractivity contribution in [2.45, 2.75) is 58.9 Å². The summed E-state index contributed by atoms with van der Waals surface area (Å²) in [6.45, 7) is 10.2. The summed E-state index contributed by atoms with van der Waals surface area (Å²) in [5.41, 5.74) is 0.684. The molecule has 1 N–H and O–H groups in total. The summed E-state index contributed by atoms with van der Waals surface area (Å²) in [6.07, 6.45) is 5.09. The molecule has 0 aromatic heterocycles. The molecular weight excluding hydrogens is 364 g/mol. The van der Waals surface area contributed by atoms with E-state index in [-0.39, 0.29) is 18.3 Å². The van der Waals surface area contributed by atoms with E-state index < -0.39 is 0 Å². The van der Waals surface area contributed by atoms with Crippen LogP contribution in [0.5, 0.6) is 11.5 Å². The van der Waals surface area contributed by atoms with Gasteiger partial charge in [0.15, 0.2) is 11.5 Å². The van der Waals surface area contributed by atoms with E-state index in [0.717, 1.165) is 57.5 Å². The normalized spacial score (nSPS) is 14.3. The third kappa shape index (κ3) is 6.89. The second kappa shape index (κ2) is 12.8. The number of ether oxygens (including phenoxy) is 2. The fourth-order valence-electron chi connectivity index (χ4n) is 3.33. The number of piperidine rings is 1. The van der Waals surface area contributed by atoms with Crippen LogP contribution in [0.3, 0.4) is 0 Å². The van der Waals surface area contributed by atoms with E-state index in [2.05, 4.69) is 19.2 Å². The molecule has 0 aliphatic carbocycles. The van der Waals surface area contributed by atoms with Crippen LogP contribution < -0.4 is 14.8 Å². The summed E-state index contributed by atoms with van der Waals surface area (Å²) in [5.74, 6) is 1.48. The first-order valence-corrected chi connectivity index (χ1v) is 10.1. The predicted octanol–water partition coefficient (Wildman–Crippen LogP) is 4.29. The van der Waals surface area contributed by atoms with Gasteiger partial charge in [0.05, 0.1) is 13.2 Å². The van der Waals surface area contributed by atoms with Gasteiger partial charge in [-0.25, -0.2) is 0 Å². The number of halogens is 1. The number of amides is 1. The van der Waals surface area contributed by atoms with Gasteiger partial charge in [0.25, 0.3) is 5.91 Å². The Morgan fingerprint density at radius 1 is 1.11 bits per heavy atom. The van der Waals surface area contributed by atoms with Crippen molar-refractivity contribution in [3.05, 3.63) is 23.8 Å². The van der Waals surface area contributed by atoms with Crippen LogP contribution in [-0.4, -0.2) is 49.7 Å². The minimum absolute atomic E-state index is 0. The van der Waals surface area contributed by atoms with E-state index in [4.69, 9.17) is 9.47 Å². The molecule has 1 aromatic carbocycles. The molecule has 1 aromatic rings. The van der Waals surface area contributed by atoms with E-state index >= 15 is 0 Å². The zero-order chi connectivity index (χ0) is 18.8. The molecule has 1 aliphatic rings. The van der Waals surface area contributed by atoms with Crippen LogP contribution in [0.25, 0.3) is 0 Å². The van der Waals surface area contributed by atoms with E-state index in [9.17, 15) is 4.79 Å². The average Bonchev–Trinajstić information content (AvgIpc) is 2.68. The van der Waals surface area contributed by atoms with Gasteiger partial charge in [-0.05, 0) is 63.9 Å². The topological polar surface area (TPSA) is 50.8 Å². The maximum absolute atomic E-state index is 13.2. The van der Waals surface area contributed by atoms with Gasteiger partial charge in [0.1, 0.15) is 0 Å². The molecule has 2 rings (SSSR count). The number of unbranched alkanes of at least 4 members (excludes halogenated alkanes) is 1. The first-order valence-electron chi connectivity index (χ1n) is 10.1. The van der Waals surface area contributed by atoms with Crippen molar-refractivity contribution in [3.8, 4) is 11.5 Å². The highest BCUT2D eigenvalue weighted by molar-refractivity contribution is 5.95. The lowest BCUT2D eigenvalue weighted by Gasteiger charge is -2.34. The minimum atomic E-state index is 0. The molecule has 154 valence electrons. The quantitative estimate of drug-likeness (QED) is 0.597. The maximum Gasteiger partial charge on any atom is 0.254 e. The molecule has 1 fully saturated rings. The molecule has 0 bridgehead atoms. The van der Waals surface area contributed by atoms with Gasteiger partial charge < -0.3 is 19.7 Å². The maximum atomic E-state index is 13.2. The number of nitrogens with zero attached hydrogens (tertiary/aromatic N) is 1. The second-order valence-electron chi connectivity index (χ2n) is 6.78. The molecule has 0 atom stereocenters. The molecule has 5 nitrogen and oxygen atoms in total. The molecule has 27 heavy (non-hydrogen) atoms. The standard InChI is InChI=1S/C21H34N2O3.ClH/c1-4-7-15-26-19-9-8-17(16-20(19)25-6-3)21(24)23(14-5-2)18-10-12-22-13-11-18;/h8-9,16,18,22H,4-7,10-15H2,1-3H3;1H. The highest BCUT2D eigenvalue weighted by Crippen LogP contribution is 2.30. The van der Waals surface area contributed by atoms with E-state index in [0.29, 0.717) is 30.6 Å². The van der Waals surface area contributed by atoms with Gasteiger partial charge in [0.2, 0.25) is 0 Å². The Labute approximate surface area is 170 Å². The van der Waals surface area contributed by atoms with Crippen molar-refractivity contribution < 1.29 is 14.3 Å². The van der Waals surface area contributed by atoms with Gasteiger partial charge in [-0.2, -0.15) is 0 Å². The third-order valence-electron chi connectivity index (χ3n) is 4.72. The minimum Gasteiger partial charge on any atom is -0.490 e. The van der Waals surface area contributed by atoms with Gasteiger partial charge in [-0.15, -0.1) is 12.4 Å². The van der Waals surface area contributed by atoms with Crippen LogP contribution in [0.15, 0.2) is 18.2 Å². The van der Waals surface area contributed by atoms with E-state index in [1.807, 2.05) is 30.0 Å². The molecule has 1 heterocycles. The Bertz CT molecular complexity index is 562. The van der Waals surface area contributed by atoms with Crippen molar-refractivity contribution in [2.75, 3.05) is 32.8 Å². The highest BCUT2D eigenvalue weighted by Gasteiger charge is 2.26. The smallest absolute Gasteiger partial charge is 0.254 e. The lowest BCUT2D eigenvalue weighted by Crippen LogP contribution is -2.46. The fourth-order valence-corrected chi connectivity index (χ4v) is 3.33. The Kier molecular flexibility index (Phi) is 11.2. The molecule has 1 amide bonds. The Hall–Kier alpha value is -1.46. The van der Waals surface area contributed by atoms with Crippen LogP contribution in [0.2, 0.25) is 0 Å². The first-order chi connectivity index (χ1) is 12.7. The molecule has 0 radical (unpaired) electrons. The largest absolute Gasteiger partial charge is 0.490 e. The number of hydrogen-bond donors (Lipinski definition) is 1. The molecule has 0 saturated carbocycles. The molecule has 1 saturated heterocycles. The summed E-state index contributed by atoms with van der Waals surface area (Å²) >= 11 is 0. The third-order valence-corrected chi connectivity index (χ3v) is 4.72. The number of rotatable bonds is 10. The first kappa shape index (κ1) is 23.6. The summed E-state index contributed by atoms with van der Waals surface area (Å²) in [4.78, 5) is 15.2. The van der Waals surface area contributed by atoms with Gasteiger partial charge in [0, 0.05) is 18.2 Å². The average molecular weight is 399 g/mol. The summed E-state index contributed by atoms with van der Waals surface area (Å²) in [5, 5.41) is 3.37. The van der Waals surface area contributed by atoms with Gasteiger partial charge >= 0.3 is 0 Å². The zero-order valence-corrected chi connectivity index (χ0v) is 17.8. The van der Waals surface area contributed by atoms with Crippen LogP contribution in [0, 0.1) is 0 Å². The van der Waals surface area contributed by atoms with Crippen molar-refractivity contribution >= 4 is 18.3 Å². The summed E-state index contributed by atoms with van der Waals surface area (Å²) in [6, 6.07) is 5.91. The Morgan fingerprint density at radius 2 is 1.85 bits per heavy atom. The number of hydrogen-bond acceptors (Lipinski definition) is 4. The second-order valence-corrected chi connectivity index (χ2v) is 6.78. The monoisotopic (exact) mass is 398 g/mol. The van der Waals surface area contributed by atoms with Crippen LogP contribution in [0.1, 0.15) is 63.2 Å². The lowest BCUT2D eigenvalue weighted by molar-refractivity contribution is 0.0642. The van der Waals surface area contributed by atoms with Crippen molar-refractivity contribution in [3.63, 3.8) is 0 Å². The number of benzene rings is 1. The highest BCUT2D eigenvalue weighted by atomic mass is 35.5. The molecule has 1 aliphatic heterocycles. The van der Waals surface area contributed by atoms with Crippen LogP contribution >= 0.6 is 12.4 Å². The number of carbonyl (C=O) groups is 1. The number of nitrogens with one attached hydrogen (secondary N) is 1. The fraction of sp³-hybridized carbons (Fsp3) is 0.667. The van der Waals surface area contributed by atoms with Crippen LogP contribution in [0.4, 0.5) is 0 Å². The molecule has 0 spiro atoms. The van der Waals surface area contributed by atoms with Gasteiger partial charge in [-0.3, -0.25) is 4.79 Å². The zero-order valence-electron chi connectivity index (χ0n) is 17.0. The Balaban J connectivity index is 0.00000364. The van der Waals surface area contributed by atoms with Crippen molar-refractivity contribution in [1.82, 2.24) is 10.2 Å². The molecule has 0 unspecified atom stereocenters. The SMILES string of the molecule is CCCCOc1ccc(C(=O)N(CCC)C2CCNCC2)cc1OCC.Cl. The van der Waals surface area contributed by atoms with Crippen LogP contribution in [-0.2, 0) is 0 Å².